The first-order chi connectivity index (χ1) is 10.6. The lowest BCUT2D eigenvalue weighted by molar-refractivity contribution is 0.184. The number of hydrogen-bond donors (Lipinski definition) is 2. The van der Waals surface area contributed by atoms with Crippen molar-refractivity contribution >= 4 is 11.7 Å². The molecule has 116 valence electrons. The maximum atomic E-state index is 13.4. The maximum absolute atomic E-state index is 13.4. The molecular weight excluding hydrogens is 290 g/mol. The van der Waals surface area contributed by atoms with E-state index in [4.69, 9.17) is 4.74 Å². The summed E-state index contributed by atoms with van der Waals surface area (Å²) in [6.45, 7) is 0.642. The number of halogens is 2. The second-order valence-corrected chi connectivity index (χ2v) is 4.61. The minimum atomic E-state index is -0.824. The second-order valence-electron chi connectivity index (χ2n) is 4.61. The number of nitrogens with one attached hydrogen (secondary N) is 2. The van der Waals surface area contributed by atoms with E-state index in [1.165, 1.54) is 6.07 Å². The van der Waals surface area contributed by atoms with Gasteiger partial charge >= 0.3 is 6.03 Å². The van der Waals surface area contributed by atoms with Crippen LogP contribution in [0.3, 0.4) is 0 Å². The molecule has 4 nitrogen and oxygen atoms in total. The summed E-state index contributed by atoms with van der Waals surface area (Å²) in [7, 11) is 1.58. The van der Waals surface area contributed by atoms with E-state index in [-0.39, 0.29) is 6.54 Å². The molecule has 2 N–H and O–H groups in total. The molecule has 0 aliphatic rings. The molecule has 0 aliphatic heterocycles. The summed E-state index contributed by atoms with van der Waals surface area (Å²) in [5, 5.41) is 4.73. The summed E-state index contributed by atoms with van der Waals surface area (Å²) in [5.74, 6) is -1.65. The van der Waals surface area contributed by atoms with Crippen LogP contribution in [0.15, 0.2) is 42.5 Å². The topological polar surface area (TPSA) is 50.4 Å². The van der Waals surface area contributed by atoms with Crippen LogP contribution >= 0.6 is 0 Å². The quantitative estimate of drug-likeness (QED) is 0.889. The lowest BCUT2D eigenvalue weighted by Crippen LogP contribution is -2.29. The van der Waals surface area contributed by atoms with Crippen molar-refractivity contribution in [2.45, 2.75) is 13.2 Å². The normalized spacial score (nSPS) is 10.3. The van der Waals surface area contributed by atoms with E-state index in [1.54, 1.807) is 7.11 Å². The third-order valence-electron chi connectivity index (χ3n) is 3.06. The third kappa shape index (κ3) is 4.02. The van der Waals surface area contributed by atoms with Gasteiger partial charge in [-0.1, -0.05) is 30.3 Å². The number of rotatable bonds is 5. The van der Waals surface area contributed by atoms with Crippen LogP contribution in [0, 0.1) is 11.6 Å². The van der Waals surface area contributed by atoms with Gasteiger partial charge in [0, 0.05) is 13.7 Å². The molecule has 22 heavy (non-hydrogen) atoms. The zero-order valence-corrected chi connectivity index (χ0v) is 12.0. The van der Waals surface area contributed by atoms with Crippen molar-refractivity contribution in [1.82, 2.24) is 5.32 Å². The van der Waals surface area contributed by atoms with Gasteiger partial charge in [0.2, 0.25) is 0 Å². The number of para-hydroxylation sites is 1. The Hall–Kier alpha value is -2.47. The fourth-order valence-electron chi connectivity index (χ4n) is 1.98. The molecule has 2 rings (SSSR count). The van der Waals surface area contributed by atoms with Gasteiger partial charge in [-0.3, -0.25) is 0 Å². The Labute approximate surface area is 127 Å². The molecule has 2 amide bonds. The monoisotopic (exact) mass is 306 g/mol. The Bertz CT molecular complexity index is 642. The summed E-state index contributed by atoms with van der Waals surface area (Å²) in [6.07, 6.45) is 0. The van der Waals surface area contributed by atoms with Crippen LogP contribution in [-0.4, -0.2) is 13.1 Å². The van der Waals surface area contributed by atoms with Crippen molar-refractivity contribution in [3.8, 4) is 0 Å². The SMILES string of the molecule is COCc1ccccc1CNC(=O)Nc1c(F)cccc1F. The van der Waals surface area contributed by atoms with E-state index in [2.05, 4.69) is 10.6 Å². The van der Waals surface area contributed by atoms with Crippen LogP contribution in [-0.2, 0) is 17.9 Å². The average molecular weight is 306 g/mol. The molecule has 2 aromatic carbocycles. The van der Waals surface area contributed by atoms with Gasteiger partial charge in [-0.2, -0.15) is 0 Å². The van der Waals surface area contributed by atoms with Crippen molar-refractivity contribution in [3.63, 3.8) is 0 Å². The number of ether oxygens (including phenoxy) is 1. The number of hydrogen-bond acceptors (Lipinski definition) is 2. The summed E-state index contributed by atoms with van der Waals surface area (Å²) < 4.78 is 32.0. The molecule has 0 aromatic heterocycles. The fourth-order valence-corrected chi connectivity index (χ4v) is 1.98. The van der Waals surface area contributed by atoms with E-state index in [0.717, 1.165) is 23.3 Å². The molecule has 0 saturated carbocycles. The lowest BCUT2D eigenvalue weighted by atomic mass is 10.1. The van der Waals surface area contributed by atoms with E-state index in [9.17, 15) is 13.6 Å². The van der Waals surface area contributed by atoms with Crippen LogP contribution in [0.2, 0.25) is 0 Å². The maximum Gasteiger partial charge on any atom is 0.319 e. The van der Waals surface area contributed by atoms with Gasteiger partial charge in [0.25, 0.3) is 0 Å². The van der Waals surface area contributed by atoms with Gasteiger partial charge < -0.3 is 15.4 Å². The highest BCUT2D eigenvalue weighted by atomic mass is 19.1. The summed E-state index contributed by atoms with van der Waals surface area (Å²) in [4.78, 5) is 11.8. The largest absolute Gasteiger partial charge is 0.380 e. The lowest BCUT2D eigenvalue weighted by Gasteiger charge is -2.11. The summed E-state index contributed by atoms with van der Waals surface area (Å²) in [5.41, 5.74) is 1.33. The number of methoxy groups -OCH3 is 1. The third-order valence-corrected chi connectivity index (χ3v) is 3.06. The molecule has 0 spiro atoms. The van der Waals surface area contributed by atoms with Gasteiger partial charge in [-0.05, 0) is 23.3 Å². The zero-order chi connectivity index (χ0) is 15.9. The Morgan fingerprint density at radius 3 is 2.32 bits per heavy atom. The van der Waals surface area contributed by atoms with Gasteiger partial charge in [0.1, 0.15) is 17.3 Å². The van der Waals surface area contributed by atoms with Crippen molar-refractivity contribution in [2.24, 2.45) is 0 Å². The number of amides is 2. The first-order valence-corrected chi connectivity index (χ1v) is 6.66. The van der Waals surface area contributed by atoms with Gasteiger partial charge in [0.05, 0.1) is 6.61 Å². The summed E-state index contributed by atoms with van der Waals surface area (Å²) >= 11 is 0. The van der Waals surface area contributed by atoms with Crippen LogP contribution < -0.4 is 10.6 Å². The van der Waals surface area contributed by atoms with Crippen LogP contribution in [0.5, 0.6) is 0 Å². The number of carbonyl (C=O) groups is 1. The molecule has 0 heterocycles. The second kappa shape index (κ2) is 7.51. The number of urea groups is 1. The molecule has 0 bridgehead atoms. The minimum absolute atomic E-state index is 0.224. The first kappa shape index (κ1) is 15.9. The minimum Gasteiger partial charge on any atom is -0.380 e. The molecule has 2 aromatic rings. The molecule has 0 atom stereocenters. The standard InChI is InChI=1S/C16H16F2N2O2/c1-22-10-12-6-3-2-5-11(12)9-19-16(21)20-15-13(17)7-4-8-14(15)18/h2-8H,9-10H2,1H3,(H2,19,20,21). The summed E-state index contributed by atoms with van der Waals surface area (Å²) in [6, 6.07) is 10.1. The van der Waals surface area contributed by atoms with Gasteiger partial charge in [-0.25, -0.2) is 13.6 Å². The van der Waals surface area contributed by atoms with Crippen LogP contribution in [0.4, 0.5) is 19.3 Å². The van der Waals surface area contributed by atoms with Gasteiger partial charge in [0.15, 0.2) is 0 Å². The Morgan fingerprint density at radius 2 is 1.68 bits per heavy atom. The van der Waals surface area contributed by atoms with E-state index >= 15 is 0 Å². The van der Waals surface area contributed by atoms with Crippen molar-refractivity contribution in [3.05, 3.63) is 65.2 Å². The molecule has 6 heteroatoms. The van der Waals surface area contributed by atoms with Crippen molar-refractivity contribution in [1.29, 1.82) is 0 Å². The van der Waals surface area contributed by atoms with E-state index < -0.39 is 23.4 Å². The van der Waals surface area contributed by atoms with Crippen LogP contribution in [0.1, 0.15) is 11.1 Å². The predicted molar refractivity (Wildman–Crippen MR) is 79.4 cm³/mol. The first-order valence-electron chi connectivity index (χ1n) is 6.66. The van der Waals surface area contributed by atoms with Crippen LogP contribution in [0.25, 0.3) is 0 Å². The average Bonchev–Trinajstić information content (AvgIpc) is 2.50. The van der Waals surface area contributed by atoms with Gasteiger partial charge in [-0.15, -0.1) is 0 Å². The zero-order valence-electron chi connectivity index (χ0n) is 12.0. The number of carbonyl (C=O) groups excluding carboxylic acids is 1. The molecule has 0 saturated heterocycles. The predicted octanol–water partition coefficient (Wildman–Crippen LogP) is 3.43. The highest BCUT2D eigenvalue weighted by Crippen LogP contribution is 2.17. The fraction of sp³-hybridized carbons (Fsp3) is 0.188. The smallest absolute Gasteiger partial charge is 0.319 e. The molecule has 0 aliphatic carbocycles. The number of anilines is 1. The van der Waals surface area contributed by atoms with Crippen molar-refractivity contribution < 1.29 is 18.3 Å². The highest BCUT2D eigenvalue weighted by molar-refractivity contribution is 5.89. The number of benzene rings is 2. The molecular formula is C16H16F2N2O2. The molecule has 0 fully saturated rings. The van der Waals surface area contributed by atoms with E-state index in [1.807, 2.05) is 24.3 Å². The molecule has 0 radical (unpaired) electrons. The van der Waals surface area contributed by atoms with Crippen molar-refractivity contribution in [2.75, 3.05) is 12.4 Å². The Kier molecular flexibility index (Phi) is 5.43. The Balaban J connectivity index is 1.99. The highest BCUT2D eigenvalue weighted by Gasteiger charge is 2.11. The Morgan fingerprint density at radius 1 is 1.05 bits per heavy atom. The molecule has 0 unspecified atom stereocenters. The van der Waals surface area contributed by atoms with E-state index in [0.29, 0.717) is 6.61 Å².